The highest BCUT2D eigenvalue weighted by atomic mass is 35.5. The van der Waals surface area contributed by atoms with E-state index in [1.165, 1.54) is 12.1 Å². The van der Waals surface area contributed by atoms with Crippen molar-refractivity contribution in [2.75, 3.05) is 11.8 Å². The number of ether oxygens (including phenoxy) is 1. The second-order valence-corrected chi connectivity index (χ2v) is 7.05. The van der Waals surface area contributed by atoms with Crippen molar-refractivity contribution >= 4 is 27.4 Å². The number of H-pyrrole nitrogens is 1. The zero-order valence-electron chi connectivity index (χ0n) is 12.7. The topological polar surface area (TPSA) is 84.1 Å². The Hall–Kier alpha value is -2.51. The van der Waals surface area contributed by atoms with Gasteiger partial charge in [0.05, 0.1) is 17.7 Å². The second kappa shape index (κ2) is 6.54. The molecule has 124 valence electrons. The van der Waals surface area contributed by atoms with Gasteiger partial charge in [0.1, 0.15) is 5.75 Å². The SMILES string of the molecule is COc1ccccc1-c1cc(NS(=O)(=O)c2cccc(Cl)c2)n[nH]1. The highest BCUT2D eigenvalue weighted by Crippen LogP contribution is 2.29. The highest BCUT2D eigenvalue weighted by molar-refractivity contribution is 7.92. The number of hydrogen-bond donors (Lipinski definition) is 2. The van der Waals surface area contributed by atoms with Crippen LogP contribution in [0.15, 0.2) is 59.5 Å². The zero-order chi connectivity index (χ0) is 17.2. The zero-order valence-corrected chi connectivity index (χ0v) is 14.2. The first-order chi connectivity index (χ1) is 11.5. The molecule has 0 saturated heterocycles. The van der Waals surface area contributed by atoms with Crippen molar-refractivity contribution in [3.05, 3.63) is 59.6 Å². The molecule has 0 bridgehead atoms. The van der Waals surface area contributed by atoms with Crippen LogP contribution in [0, 0.1) is 0 Å². The second-order valence-electron chi connectivity index (χ2n) is 4.93. The van der Waals surface area contributed by atoms with E-state index >= 15 is 0 Å². The molecule has 0 saturated carbocycles. The normalized spacial score (nSPS) is 11.2. The van der Waals surface area contributed by atoms with Crippen molar-refractivity contribution in [3.63, 3.8) is 0 Å². The number of anilines is 1. The van der Waals surface area contributed by atoms with Gasteiger partial charge in [-0.25, -0.2) is 8.42 Å². The van der Waals surface area contributed by atoms with Gasteiger partial charge in [-0.15, -0.1) is 0 Å². The number of rotatable bonds is 5. The van der Waals surface area contributed by atoms with Crippen molar-refractivity contribution in [2.45, 2.75) is 4.90 Å². The lowest BCUT2D eigenvalue weighted by Gasteiger charge is -2.06. The third kappa shape index (κ3) is 3.37. The minimum atomic E-state index is -3.77. The van der Waals surface area contributed by atoms with Crippen molar-refractivity contribution in [3.8, 4) is 17.0 Å². The predicted molar refractivity (Wildman–Crippen MR) is 92.8 cm³/mol. The monoisotopic (exact) mass is 363 g/mol. The summed E-state index contributed by atoms with van der Waals surface area (Å²) < 4.78 is 32.5. The fourth-order valence-corrected chi connectivity index (χ4v) is 3.50. The average molecular weight is 364 g/mol. The molecule has 8 heteroatoms. The van der Waals surface area contributed by atoms with Crippen molar-refractivity contribution in [1.29, 1.82) is 0 Å². The number of para-hydroxylation sites is 1. The van der Waals surface area contributed by atoms with Crippen LogP contribution < -0.4 is 9.46 Å². The smallest absolute Gasteiger partial charge is 0.263 e. The molecule has 1 aromatic heterocycles. The summed E-state index contributed by atoms with van der Waals surface area (Å²) in [5.41, 5.74) is 1.41. The first-order valence-corrected chi connectivity index (χ1v) is 8.83. The minimum Gasteiger partial charge on any atom is -0.496 e. The van der Waals surface area contributed by atoms with Crippen LogP contribution in [-0.4, -0.2) is 25.7 Å². The molecule has 1 heterocycles. The molecule has 0 amide bonds. The Balaban J connectivity index is 1.89. The van der Waals surface area contributed by atoms with Crippen molar-refractivity contribution in [1.82, 2.24) is 10.2 Å². The van der Waals surface area contributed by atoms with Gasteiger partial charge in [-0.05, 0) is 30.3 Å². The maximum atomic E-state index is 12.4. The molecule has 0 aliphatic carbocycles. The fourth-order valence-electron chi connectivity index (χ4n) is 2.21. The van der Waals surface area contributed by atoms with E-state index < -0.39 is 10.0 Å². The number of halogens is 1. The van der Waals surface area contributed by atoms with Crippen LogP contribution in [0.25, 0.3) is 11.3 Å². The van der Waals surface area contributed by atoms with Crippen LogP contribution >= 0.6 is 11.6 Å². The first-order valence-electron chi connectivity index (χ1n) is 6.97. The number of aromatic nitrogens is 2. The Kier molecular flexibility index (Phi) is 4.46. The van der Waals surface area contributed by atoms with E-state index in [9.17, 15) is 8.42 Å². The molecular weight excluding hydrogens is 350 g/mol. The van der Waals surface area contributed by atoms with Gasteiger partial charge in [0.25, 0.3) is 10.0 Å². The van der Waals surface area contributed by atoms with Gasteiger partial charge in [0.15, 0.2) is 5.82 Å². The Morgan fingerprint density at radius 1 is 1.12 bits per heavy atom. The largest absolute Gasteiger partial charge is 0.496 e. The van der Waals surface area contributed by atoms with E-state index in [0.29, 0.717) is 16.5 Å². The Labute approximate surface area is 144 Å². The lowest BCUT2D eigenvalue weighted by molar-refractivity contribution is 0.416. The van der Waals surface area contributed by atoms with Gasteiger partial charge in [-0.1, -0.05) is 29.8 Å². The summed E-state index contributed by atoms with van der Waals surface area (Å²) in [5, 5.41) is 7.14. The highest BCUT2D eigenvalue weighted by Gasteiger charge is 2.17. The van der Waals surface area contributed by atoms with E-state index in [-0.39, 0.29) is 10.7 Å². The number of benzene rings is 2. The third-order valence-electron chi connectivity index (χ3n) is 3.32. The number of sulfonamides is 1. The summed E-state index contributed by atoms with van der Waals surface area (Å²) in [7, 11) is -2.20. The van der Waals surface area contributed by atoms with E-state index in [1.54, 1.807) is 25.3 Å². The maximum absolute atomic E-state index is 12.4. The molecule has 24 heavy (non-hydrogen) atoms. The van der Waals surface area contributed by atoms with Crippen LogP contribution in [0.2, 0.25) is 5.02 Å². The van der Waals surface area contributed by atoms with Crippen LogP contribution in [0.3, 0.4) is 0 Å². The molecule has 3 rings (SSSR count). The molecule has 2 N–H and O–H groups in total. The van der Waals surface area contributed by atoms with Crippen molar-refractivity contribution in [2.24, 2.45) is 0 Å². The number of nitrogens with zero attached hydrogens (tertiary/aromatic N) is 1. The maximum Gasteiger partial charge on any atom is 0.263 e. The van der Waals surface area contributed by atoms with E-state index in [4.69, 9.17) is 16.3 Å². The quantitative estimate of drug-likeness (QED) is 0.726. The van der Waals surface area contributed by atoms with Crippen LogP contribution in [0.4, 0.5) is 5.82 Å². The van der Waals surface area contributed by atoms with E-state index in [0.717, 1.165) is 5.56 Å². The van der Waals surface area contributed by atoms with Gasteiger partial charge in [0, 0.05) is 16.7 Å². The summed E-state index contributed by atoms with van der Waals surface area (Å²) in [6.45, 7) is 0. The molecule has 6 nitrogen and oxygen atoms in total. The molecule has 0 spiro atoms. The van der Waals surface area contributed by atoms with Crippen LogP contribution in [0.1, 0.15) is 0 Å². The summed E-state index contributed by atoms with van der Waals surface area (Å²) in [5.74, 6) is 0.835. The Bertz CT molecular complexity index is 970. The number of nitrogens with one attached hydrogen (secondary N) is 2. The van der Waals surface area contributed by atoms with Crippen LogP contribution in [-0.2, 0) is 10.0 Å². The molecule has 3 aromatic rings. The molecule has 0 aliphatic rings. The molecule has 0 fully saturated rings. The summed E-state index contributed by atoms with van der Waals surface area (Å²) >= 11 is 5.84. The minimum absolute atomic E-state index is 0.0665. The standard InChI is InChI=1S/C16H14ClN3O3S/c1-23-15-8-3-2-7-13(15)14-10-16(19-18-14)20-24(21,22)12-6-4-5-11(17)9-12/h2-10H,1H3,(H2,18,19,20). The fraction of sp³-hybridized carbons (Fsp3) is 0.0625. The van der Waals surface area contributed by atoms with Crippen LogP contribution in [0.5, 0.6) is 5.75 Å². The Morgan fingerprint density at radius 2 is 1.92 bits per heavy atom. The van der Waals surface area contributed by atoms with Gasteiger partial charge >= 0.3 is 0 Å². The van der Waals surface area contributed by atoms with E-state index in [2.05, 4.69) is 14.9 Å². The molecule has 2 aromatic carbocycles. The van der Waals surface area contributed by atoms with Gasteiger partial charge < -0.3 is 4.74 Å². The molecule has 0 radical (unpaired) electrons. The first kappa shape index (κ1) is 16.4. The number of methoxy groups -OCH3 is 1. The summed E-state index contributed by atoms with van der Waals surface area (Å²) in [6, 6.07) is 15.0. The lowest BCUT2D eigenvalue weighted by Crippen LogP contribution is -2.13. The molecular formula is C16H14ClN3O3S. The average Bonchev–Trinajstić information content (AvgIpc) is 3.02. The van der Waals surface area contributed by atoms with Gasteiger partial charge in [-0.2, -0.15) is 5.10 Å². The summed E-state index contributed by atoms with van der Waals surface area (Å²) in [6.07, 6.45) is 0. The lowest BCUT2D eigenvalue weighted by atomic mass is 10.1. The number of hydrogen-bond acceptors (Lipinski definition) is 4. The van der Waals surface area contributed by atoms with Gasteiger partial charge in [0.2, 0.25) is 0 Å². The Morgan fingerprint density at radius 3 is 2.67 bits per heavy atom. The molecule has 0 unspecified atom stereocenters. The molecule has 0 aliphatic heterocycles. The molecule has 0 atom stereocenters. The van der Waals surface area contributed by atoms with E-state index in [1.807, 2.05) is 24.3 Å². The van der Waals surface area contributed by atoms with Crippen molar-refractivity contribution < 1.29 is 13.2 Å². The van der Waals surface area contributed by atoms with Gasteiger partial charge in [-0.3, -0.25) is 9.82 Å². The number of aromatic amines is 1. The summed E-state index contributed by atoms with van der Waals surface area (Å²) in [4.78, 5) is 0.0665. The third-order valence-corrected chi connectivity index (χ3v) is 4.91. The predicted octanol–water partition coefficient (Wildman–Crippen LogP) is 3.54.